The summed E-state index contributed by atoms with van der Waals surface area (Å²) in [4.78, 5) is 4.74. The number of hydrogen-bond donors (Lipinski definition) is 2. The Kier molecular flexibility index (Phi) is 10.5. The van der Waals surface area contributed by atoms with E-state index >= 15 is 0 Å². The molecule has 0 saturated carbocycles. The highest BCUT2D eigenvalue weighted by Crippen LogP contribution is 2.16. The molecule has 0 radical (unpaired) electrons. The Morgan fingerprint density at radius 1 is 1.23 bits per heavy atom. The van der Waals surface area contributed by atoms with E-state index in [0.717, 1.165) is 37.5 Å². The molecule has 0 aliphatic heterocycles. The van der Waals surface area contributed by atoms with Crippen LogP contribution in [0.2, 0.25) is 0 Å². The van der Waals surface area contributed by atoms with Gasteiger partial charge in [0.05, 0.1) is 12.2 Å². The highest BCUT2D eigenvalue weighted by molar-refractivity contribution is 14.0. The molecule has 1 rings (SSSR count). The lowest BCUT2D eigenvalue weighted by Crippen LogP contribution is -2.41. The van der Waals surface area contributed by atoms with Crippen LogP contribution in [0.25, 0.3) is 0 Å². The van der Waals surface area contributed by atoms with Crippen molar-refractivity contribution in [2.45, 2.75) is 66.5 Å². The van der Waals surface area contributed by atoms with Gasteiger partial charge in [-0.05, 0) is 33.1 Å². The van der Waals surface area contributed by atoms with Crippen molar-refractivity contribution in [1.29, 1.82) is 0 Å². The fraction of sp³-hybridized carbons (Fsp3) is 0.750. The maximum absolute atomic E-state index is 4.74. The van der Waals surface area contributed by atoms with Crippen LogP contribution in [0.3, 0.4) is 0 Å². The van der Waals surface area contributed by atoms with Crippen molar-refractivity contribution in [1.82, 2.24) is 20.4 Å². The van der Waals surface area contributed by atoms with Crippen LogP contribution in [-0.4, -0.2) is 28.3 Å². The normalized spacial score (nSPS) is 12.7. The summed E-state index contributed by atoms with van der Waals surface area (Å²) in [6, 6.07) is 0.424. The molecule has 0 aliphatic carbocycles. The number of guanidine groups is 1. The summed E-state index contributed by atoms with van der Waals surface area (Å²) < 4.78 is 2.00. The summed E-state index contributed by atoms with van der Waals surface area (Å²) in [6.45, 7) is 12.3. The summed E-state index contributed by atoms with van der Waals surface area (Å²) in [7, 11) is 2.02. The molecule has 5 nitrogen and oxygen atoms in total. The zero-order valence-corrected chi connectivity index (χ0v) is 17.2. The lowest BCUT2D eigenvalue weighted by Gasteiger charge is -2.16. The van der Waals surface area contributed by atoms with Gasteiger partial charge < -0.3 is 10.6 Å². The van der Waals surface area contributed by atoms with Crippen LogP contribution in [-0.2, 0) is 26.4 Å². The molecule has 0 amide bonds. The lowest BCUT2D eigenvalue weighted by atomic mass is 10.1. The molecule has 0 saturated heterocycles. The number of halogens is 1. The van der Waals surface area contributed by atoms with Gasteiger partial charge in [-0.2, -0.15) is 5.10 Å². The molecular weight excluding hydrogens is 389 g/mol. The van der Waals surface area contributed by atoms with Gasteiger partial charge in [0, 0.05) is 30.9 Å². The van der Waals surface area contributed by atoms with Crippen molar-refractivity contribution >= 4 is 29.9 Å². The van der Waals surface area contributed by atoms with Crippen LogP contribution in [0, 0.1) is 0 Å². The van der Waals surface area contributed by atoms with Gasteiger partial charge >= 0.3 is 0 Å². The molecule has 1 atom stereocenters. The van der Waals surface area contributed by atoms with Gasteiger partial charge in [-0.3, -0.25) is 4.68 Å². The number of hydrogen-bond acceptors (Lipinski definition) is 2. The Hall–Kier alpha value is -0.790. The van der Waals surface area contributed by atoms with Crippen molar-refractivity contribution in [2.24, 2.45) is 12.0 Å². The van der Waals surface area contributed by atoms with Gasteiger partial charge in [0.1, 0.15) is 0 Å². The molecular formula is C16H32IN5. The van der Waals surface area contributed by atoms with Gasteiger partial charge in [-0.15, -0.1) is 24.0 Å². The Bertz CT molecular complexity index is 467. The number of aryl methyl sites for hydroxylation is 2. The molecule has 0 bridgehead atoms. The molecule has 0 aliphatic rings. The van der Waals surface area contributed by atoms with Crippen LogP contribution in [0.4, 0.5) is 0 Å². The molecule has 22 heavy (non-hydrogen) atoms. The van der Waals surface area contributed by atoms with E-state index in [9.17, 15) is 0 Å². The van der Waals surface area contributed by atoms with Crippen molar-refractivity contribution in [3.8, 4) is 0 Å². The molecule has 128 valence electrons. The van der Waals surface area contributed by atoms with Gasteiger partial charge in [0.2, 0.25) is 0 Å². The van der Waals surface area contributed by atoms with Crippen molar-refractivity contribution in [3.63, 3.8) is 0 Å². The van der Waals surface area contributed by atoms with Gasteiger partial charge in [0.15, 0.2) is 5.96 Å². The summed E-state index contributed by atoms with van der Waals surface area (Å²) in [5.74, 6) is 0.889. The van der Waals surface area contributed by atoms with E-state index in [1.165, 1.54) is 11.3 Å². The fourth-order valence-corrected chi connectivity index (χ4v) is 2.39. The van der Waals surface area contributed by atoms with Crippen molar-refractivity contribution in [3.05, 3.63) is 17.0 Å². The number of nitrogens with one attached hydrogen (secondary N) is 2. The van der Waals surface area contributed by atoms with Crippen molar-refractivity contribution < 1.29 is 0 Å². The molecule has 1 heterocycles. The van der Waals surface area contributed by atoms with E-state index in [2.05, 4.69) is 50.4 Å². The van der Waals surface area contributed by atoms with Crippen LogP contribution >= 0.6 is 24.0 Å². The van der Waals surface area contributed by atoms with Crippen LogP contribution in [0.15, 0.2) is 4.99 Å². The third kappa shape index (κ3) is 5.78. The standard InChI is InChI=1S/C16H31N5.HI/c1-7-12(5)19-16(17-10-4)18-11-13-14(8-2)20-21(6)15(13)9-3;/h12H,7-11H2,1-6H3,(H2,17,18,19);1H. The molecule has 6 heteroatoms. The summed E-state index contributed by atoms with van der Waals surface area (Å²) in [5.41, 5.74) is 3.73. The average molecular weight is 421 g/mol. The van der Waals surface area contributed by atoms with E-state index in [0.29, 0.717) is 12.6 Å². The Labute approximate surface area is 152 Å². The first-order chi connectivity index (χ1) is 10.1. The molecule has 1 aromatic rings. The van der Waals surface area contributed by atoms with Gasteiger partial charge in [-0.25, -0.2) is 4.99 Å². The summed E-state index contributed by atoms with van der Waals surface area (Å²) in [6.07, 6.45) is 3.02. The SMILES string of the molecule is CCNC(=NCc1c(CC)nn(C)c1CC)NC(C)CC.I. The molecule has 2 N–H and O–H groups in total. The summed E-state index contributed by atoms with van der Waals surface area (Å²) in [5, 5.41) is 11.4. The van der Waals surface area contributed by atoms with E-state index in [1.54, 1.807) is 0 Å². The van der Waals surface area contributed by atoms with E-state index < -0.39 is 0 Å². The number of rotatable bonds is 7. The zero-order valence-electron chi connectivity index (χ0n) is 14.9. The molecule has 0 fully saturated rings. The number of nitrogens with zero attached hydrogens (tertiary/aromatic N) is 3. The second-order valence-corrected chi connectivity index (χ2v) is 5.35. The molecule has 0 aromatic carbocycles. The second kappa shape index (κ2) is 10.9. The smallest absolute Gasteiger partial charge is 0.191 e. The first-order valence-electron chi connectivity index (χ1n) is 8.15. The van der Waals surface area contributed by atoms with Gasteiger partial charge in [0.25, 0.3) is 0 Å². The van der Waals surface area contributed by atoms with Crippen molar-refractivity contribution in [2.75, 3.05) is 6.54 Å². The minimum Gasteiger partial charge on any atom is -0.357 e. The minimum atomic E-state index is 0. The molecule has 1 aromatic heterocycles. The minimum absolute atomic E-state index is 0. The first kappa shape index (κ1) is 21.2. The third-order valence-electron chi connectivity index (χ3n) is 3.76. The highest BCUT2D eigenvalue weighted by Gasteiger charge is 2.13. The number of aliphatic imine (C=N–C) groups is 1. The zero-order chi connectivity index (χ0) is 15.8. The summed E-state index contributed by atoms with van der Waals surface area (Å²) >= 11 is 0. The molecule has 0 spiro atoms. The molecule has 1 unspecified atom stereocenters. The van der Waals surface area contributed by atoms with Crippen LogP contribution < -0.4 is 10.6 Å². The monoisotopic (exact) mass is 421 g/mol. The van der Waals surface area contributed by atoms with E-state index in [-0.39, 0.29) is 24.0 Å². The Morgan fingerprint density at radius 3 is 2.41 bits per heavy atom. The lowest BCUT2D eigenvalue weighted by molar-refractivity contribution is 0.624. The topological polar surface area (TPSA) is 54.2 Å². The van der Waals surface area contributed by atoms with Crippen LogP contribution in [0.1, 0.15) is 58.0 Å². The fourth-order valence-electron chi connectivity index (χ4n) is 2.39. The third-order valence-corrected chi connectivity index (χ3v) is 3.76. The van der Waals surface area contributed by atoms with E-state index in [1.807, 2.05) is 11.7 Å². The maximum atomic E-state index is 4.74. The number of aromatic nitrogens is 2. The second-order valence-electron chi connectivity index (χ2n) is 5.35. The quantitative estimate of drug-likeness (QED) is 0.404. The first-order valence-corrected chi connectivity index (χ1v) is 8.15. The van der Waals surface area contributed by atoms with Gasteiger partial charge in [-0.1, -0.05) is 20.8 Å². The predicted molar refractivity (Wildman–Crippen MR) is 105 cm³/mol. The maximum Gasteiger partial charge on any atom is 0.191 e. The van der Waals surface area contributed by atoms with E-state index in [4.69, 9.17) is 4.99 Å². The largest absolute Gasteiger partial charge is 0.357 e. The Morgan fingerprint density at radius 2 is 1.91 bits per heavy atom. The predicted octanol–water partition coefficient (Wildman–Crippen LogP) is 3.02. The Balaban J connectivity index is 0.00000441. The van der Waals surface area contributed by atoms with Crippen LogP contribution in [0.5, 0.6) is 0 Å². The average Bonchev–Trinajstić information content (AvgIpc) is 2.79. The highest BCUT2D eigenvalue weighted by atomic mass is 127.